The first-order valence-electron chi connectivity index (χ1n) is 28.1. The summed E-state index contributed by atoms with van der Waals surface area (Å²) in [7, 11) is -20.0. The van der Waals surface area contributed by atoms with Gasteiger partial charge in [-0.2, -0.15) is 0 Å². The molecule has 11 rings (SSSR count). The highest BCUT2D eigenvalue weighted by molar-refractivity contribution is 7.17. The molecule has 0 aliphatic carbocycles. The molecule has 0 saturated heterocycles. The van der Waals surface area contributed by atoms with Crippen LogP contribution >= 0.6 is 0 Å². The predicted octanol–water partition coefficient (Wildman–Crippen LogP) is 9.61. The van der Waals surface area contributed by atoms with Crippen LogP contribution in [0, 0.1) is 0 Å². The summed E-state index contributed by atoms with van der Waals surface area (Å²) in [6.07, 6.45) is 4.83. The number of unbranched alkanes of at least 4 members (excludes halogenated alkanes) is 2. The van der Waals surface area contributed by atoms with E-state index in [1.165, 1.54) is 10.4 Å². The van der Waals surface area contributed by atoms with Gasteiger partial charge in [-0.3, -0.25) is 0 Å². The molecule has 9 heteroatoms. The maximum absolute atomic E-state index is 9.15. The second-order valence-corrected chi connectivity index (χ2v) is 37.2. The van der Waals surface area contributed by atoms with E-state index in [-0.39, 0.29) is 0 Å². The topological polar surface area (TPSA) is 36.9 Å². The van der Waals surface area contributed by atoms with E-state index in [9.17, 15) is 0 Å². The van der Waals surface area contributed by atoms with Gasteiger partial charge in [0.2, 0.25) is 8.32 Å². The Labute approximate surface area is 484 Å². The third-order valence-corrected chi connectivity index (χ3v) is 38.4. The van der Waals surface area contributed by atoms with Crippen LogP contribution in [0.25, 0.3) is 0 Å². The monoisotopic (exact) mass is 1130 g/mol. The van der Waals surface area contributed by atoms with Crippen molar-refractivity contribution in [3.63, 3.8) is 0 Å². The quantitative estimate of drug-likeness (QED) is 0.0262. The van der Waals surface area contributed by atoms with E-state index in [0.717, 1.165) is 72.0 Å². The first kappa shape index (κ1) is 55.0. The molecule has 11 aromatic carbocycles. The Morgan fingerprint density at radius 2 is 0.444 bits per heavy atom. The van der Waals surface area contributed by atoms with E-state index in [1.807, 2.05) is 6.08 Å². The van der Waals surface area contributed by atoms with E-state index >= 15 is 0 Å². The summed E-state index contributed by atoms with van der Waals surface area (Å²) in [5.74, 6) is 0. The van der Waals surface area contributed by atoms with Gasteiger partial charge in [-0.25, -0.2) is 0 Å². The molecule has 0 aliphatic heterocycles. The van der Waals surface area contributed by atoms with Gasteiger partial charge >= 0.3 is 25.7 Å². The molecule has 81 heavy (non-hydrogen) atoms. The largest absolute Gasteiger partial charge is 0.422 e. The van der Waals surface area contributed by atoms with Crippen LogP contribution in [0.5, 0.6) is 0 Å². The van der Waals surface area contributed by atoms with Crippen molar-refractivity contribution < 1.29 is 16.5 Å². The van der Waals surface area contributed by atoms with Crippen LogP contribution in [0.1, 0.15) is 19.3 Å². The molecule has 398 valence electrons. The zero-order valence-electron chi connectivity index (χ0n) is 45.5. The van der Waals surface area contributed by atoms with E-state index in [0.29, 0.717) is 0 Å². The maximum atomic E-state index is 9.15. The lowest BCUT2D eigenvalue weighted by molar-refractivity contribution is 0.329. The zero-order chi connectivity index (χ0) is 55.1. The van der Waals surface area contributed by atoms with E-state index in [2.05, 4.69) is 340 Å². The Morgan fingerprint density at radius 3 is 0.691 bits per heavy atom. The van der Waals surface area contributed by atoms with Crippen LogP contribution in [0.4, 0.5) is 0 Å². The summed E-state index contributed by atoms with van der Waals surface area (Å²) in [6, 6.07) is 120. The lowest BCUT2D eigenvalue weighted by Gasteiger charge is -2.50. The molecule has 0 bridgehead atoms. The average molecular weight is 1140 g/mol. The first-order chi connectivity index (χ1) is 40.0. The second-order valence-electron chi connectivity index (χ2n) is 20.3. The number of rotatable bonds is 24. The highest BCUT2D eigenvalue weighted by Crippen LogP contribution is 2.31. The molecular formula is C72H66O4Si5. The Hall–Kier alpha value is -7.92. The van der Waals surface area contributed by atoms with Crippen LogP contribution in [0.2, 0.25) is 6.04 Å². The van der Waals surface area contributed by atoms with Crippen LogP contribution in [-0.2, 0) is 16.5 Å². The SMILES string of the molecule is C=CCCCC[Si](O[Si](O[Si](O[Si](O[Si](c1ccccc1)(c1ccccc1)c1ccccc1)(c1ccccc1)c1ccccc1)(c1ccccc1)c1ccccc1)(c1ccccc1)c1ccccc1)(c1ccccc1)c1ccccc1. The minimum Gasteiger partial charge on any atom is -0.422 e. The predicted molar refractivity (Wildman–Crippen MR) is 349 cm³/mol. The molecule has 0 unspecified atom stereocenters. The van der Waals surface area contributed by atoms with Crippen molar-refractivity contribution in [2.75, 3.05) is 0 Å². The van der Waals surface area contributed by atoms with Crippen LogP contribution in [0.15, 0.2) is 346 Å². The Morgan fingerprint density at radius 1 is 0.235 bits per heavy atom. The van der Waals surface area contributed by atoms with Crippen LogP contribution in [0.3, 0.4) is 0 Å². The number of hydrogen-bond acceptors (Lipinski definition) is 4. The lowest BCUT2D eigenvalue weighted by Crippen LogP contribution is -2.85. The lowest BCUT2D eigenvalue weighted by atomic mass is 10.2. The van der Waals surface area contributed by atoms with Crippen LogP contribution in [-0.4, -0.2) is 42.3 Å². The fraction of sp³-hybridized carbons (Fsp3) is 0.0556. The molecule has 0 fully saturated rings. The summed E-state index contributed by atoms with van der Waals surface area (Å²) in [5.41, 5.74) is 0. The Balaban J connectivity index is 1.29. The van der Waals surface area contributed by atoms with Crippen molar-refractivity contribution in [3.8, 4) is 0 Å². The van der Waals surface area contributed by atoms with Crippen molar-refractivity contribution in [2.45, 2.75) is 25.3 Å². The summed E-state index contributed by atoms with van der Waals surface area (Å²) >= 11 is 0. The molecule has 0 heterocycles. The van der Waals surface area contributed by atoms with Gasteiger partial charge in [0.25, 0.3) is 8.32 Å². The van der Waals surface area contributed by atoms with Crippen molar-refractivity contribution in [2.24, 2.45) is 0 Å². The summed E-state index contributed by atoms with van der Waals surface area (Å²) in [5, 5.41) is 11.4. The van der Waals surface area contributed by atoms with Gasteiger partial charge in [-0.1, -0.05) is 346 Å². The summed E-state index contributed by atoms with van der Waals surface area (Å²) in [4.78, 5) is 0. The maximum Gasteiger partial charge on any atom is 0.390 e. The van der Waals surface area contributed by atoms with Crippen molar-refractivity contribution in [1.29, 1.82) is 0 Å². The minimum atomic E-state index is -4.39. The van der Waals surface area contributed by atoms with Gasteiger partial charge in [0, 0.05) is 0 Å². The van der Waals surface area contributed by atoms with Gasteiger partial charge in [0.15, 0.2) is 0 Å². The van der Waals surface area contributed by atoms with Crippen LogP contribution < -0.4 is 57.1 Å². The van der Waals surface area contributed by atoms with Crippen molar-refractivity contribution in [1.82, 2.24) is 0 Å². The highest BCUT2D eigenvalue weighted by Gasteiger charge is 2.64. The first-order valence-corrected chi connectivity index (χ1v) is 37.5. The second kappa shape index (κ2) is 25.7. The third kappa shape index (κ3) is 11.3. The molecule has 0 aromatic heterocycles. The van der Waals surface area contributed by atoms with E-state index < -0.39 is 42.3 Å². The van der Waals surface area contributed by atoms with E-state index in [1.54, 1.807) is 0 Å². The summed E-state index contributed by atoms with van der Waals surface area (Å²) < 4.78 is 36.2. The van der Waals surface area contributed by atoms with Gasteiger partial charge in [0.1, 0.15) is 0 Å². The molecule has 0 atom stereocenters. The zero-order valence-corrected chi connectivity index (χ0v) is 50.5. The molecule has 0 saturated carbocycles. The van der Waals surface area contributed by atoms with E-state index in [4.69, 9.17) is 16.5 Å². The fourth-order valence-corrected chi connectivity index (χ4v) is 39.3. The Kier molecular flexibility index (Phi) is 17.4. The molecule has 0 amide bonds. The molecule has 4 nitrogen and oxygen atoms in total. The smallest absolute Gasteiger partial charge is 0.390 e. The van der Waals surface area contributed by atoms with Crippen molar-refractivity contribution in [3.05, 3.63) is 346 Å². The molecule has 0 spiro atoms. The van der Waals surface area contributed by atoms with Gasteiger partial charge in [-0.15, -0.1) is 6.58 Å². The minimum absolute atomic E-state index is 0.800. The molecule has 0 radical (unpaired) electrons. The fourth-order valence-electron chi connectivity index (χ4n) is 11.5. The number of benzene rings is 11. The van der Waals surface area contributed by atoms with Gasteiger partial charge in [0.05, 0.1) is 0 Å². The average Bonchev–Trinajstić information content (AvgIpc) is 3.74. The van der Waals surface area contributed by atoms with Gasteiger partial charge < -0.3 is 16.5 Å². The van der Waals surface area contributed by atoms with Crippen molar-refractivity contribution >= 4 is 99.4 Å². The highest BCUT2D eigenvalue weighted by atomic mass is 28.5. The summed E-state index contributed by atoms with van der Waals surface area (Å²) in [6.45, 7) is 4.15. The normalized spacial score (nSPS) is 12.1. The molecule has 0 aliphatic rings. The number of allylic oxidation sites excluding steroid dienone is 1. The number of hydrogen-bond donors (Lipinski definition) is 0. The standard InChI is InChI=1S/C72H66O4Si5/c1-2-3-4-38-61-77(62-39-16-5-17-40-62,63-41-18-6-19-42-63)73-79(67-49-26-10-27-50-67,68-51-28-11-29-52-68)75-81(71-57-34-14-35-58-71,72-59-36-15-37-60-72)76-80(69-53-30-12-31-54-69,70-55-32-13-33-56-70)74-78(64-43-20-7-21-44-64,65-45-22-8-23-46-65)66-47-24-9-25-48-66/h2,5-37,39-60H,1,3-4,38,61H2. The Bertz CT molecular complexity index is 3400. The molecule has 11 aromatic rings. The third-order valence-electron chi connectivity index (χ3n) is 15.3. The molecule has 0 N–H and O–H groups in total. The molecular weight excluding hydrogens is 1070 g/mol. The van der Waals surface area contributed by atoms with Gasteiger partial charge in [-0.05, 0) is 75.9 Å².